The fourth-order valence-electron chi connectivity index (χ4n) is 0.381. The van der Waals surface area contributed by atoms with Gasteiger partial charge in [0.15, 0.2) is 0 Å². The summed E-state index contributed by atoms with van der Waals surface area (Å²) in [5, 5.41) is 8.29. The molecule has 0 aliphatic carbocycles. The fourth-order valence-corrected chi connectivity index (χ4v) is 0.381. The highest BCUT2D eigenvalue weighted by molar-refractivity contribution is 4.98. The molecule has 0 aromatic heterocycles. The third-order valence-electron chi connectivity index (χ3n) is 0.871. The lowest BCUT2D eigenvalue weighted by molar-refractivity contribution is 0.852. The molecule has 1 atom stereocenters. The highest BCUT2D eigenvalue weighted by atomic mass is 14.3. The molecule has 0 spiro atoms. The molecule has 0 amide bonds. The van der Waals surface area contributed by atoms with Crippen molar-refractivity contribution in [3.63, 3.8) is 0 Å². The lowest BCUT2D eigenvalue weighted by Crippen LogP contribution is -1.86. The van der Waals surface area contributed by atoms with Gasteiger partial charge in [-0.15, -0.1) is 13.2 Å². The summed E-state index contributed by atoms with van der Waals surface area (Å²) in [6.45, 7) is 6.98. The summed E-state index contributed by atoms with van der Waals surface area (Å²) in [6.07, 6.45) is 4.05. The van der Waals surface area contributed by atoms with Crippen LogP contribution in [-0.4, -0.2) is 0 Å². The molecular formula is C7H9N. The Morgan fingerprint density at radius 2 is 2.25 bits per heavy atom. The first-order valence-electron chi connectivity index (χ1n) is 2.48. The third kappa shape index (κ3) is 2.20. The molecule has 1 nitrogen and oxygen atoms in total. The molecule has 1 unspecified atom stereocenters. The van der Waals surface area contributed by atoms with Crippen LogP contribution in [0.2, 0.25) is 0 Å². The monoisotopic (exact) mass is 107 g/mol. The van der Waals surface area contributed by atoms with Crippen LogP contribution >= 0.6 is 0 Å². The van der Waals surface area contributed by atoms with E-state index in [2.05, 4.69) is 19.2 Å². The Hall–Kier alpha value is -1.03. The van der Waals surface area contributed by atoms with Gasteiger partial charge in [0.2, 0.25) is 0 Å². The summed E-state index contributed by atoms with van der Waals surface area (Å²) in [5.41, 5.74) is 0. The molecule has 0 aromatic rings. The zero-order chi connectivity index (χ0) is 6.41. The Morgan fingerprint density at radius 1 is 1.62 bits per heavy atom. The lowest BCUT2D eigenvalue weighted by Gasteiger charge is -1.92. The van der Waals surface area contributed by atoms with E-state index in [0.717, 1.165) is 0 Å². The summed E-state index contributed by atoms with van der Waals surface area (Å²) in [4.78, 5) is 0. The third-order valence-corrected chi connectivity index (χ3v) is 0.871. The Morgan fingerprint density at radius 3 is 2.38 bits per heavy atom. The number of rotatable bonds is 3. The summed E-state index contributed by atoms with van der Waals surface area (Å²) in [7, 11) is 0. The lowest BCUT2D eigenvalue weighted by atomic mass is 10.1. The Labute approximate surface area is 49.9 Å². The van der Waals surface area contributed by atoms with E-state index in [9.17, 15) is 0 Å². The second kappa shape index (κ2) is 4.14. The van der Waals surface area contributed by atoms with Crippen LogP contribution in [0, 0.1) is 17.2 Å². The maximum absolute atomic E-state index is 8.29. The van der Waals surface area contributed by atoms with Crippen LogP contribution in [0.1, 0.15) is 6.42 Å². The Balaban J connectivity index is 3.56. The van der Waals surface area contributed by atoms with E-state index in [-0.39, 0.29) is 5.92 Å². The quantitative estimate of drug-likeness (QED) is 0.505. The fraction of sp³-hybridized carbons (Fsp3) is 0.286. The van der Waals surface area contributed by atoms with Crippen molar-refractivity contribution in [2.24, 2.45) is 5.92 Å². The van der Waals surface area contributed by atoms with Gasteiger partial charge in [-0.3, -0.25) is 0 Å². The van der Waals surface area contributed by atoms with Gasteiger partial charge >= 0.3 is 0 Å². The largest absolute Gasteiger partial charge is 0.198 e. The first kappa shape index (κ1) is 6.97. The SMILES string of the molecule is C=CCC(C#N)C=C. The summed E-state index contributed by atoms with van der Waals surface area (Å²) >= 11 is 0. The van der Waals surface area contributed by atoms with Crippen LogP contribution in [-0.2, 0) is 0 Å². The summed E-state index contributed by atoms with van der Waals surface area (Å²) in [5.74, 6) is -0.0486. The van der Waals surface area contributed by atoms with Crippen LogP contribution in [0.4, 0.5) is 0 Å². The van der Waals surface area contributed by atoms with Gasteiger partial charge in [-0.25, -0.2) is 0 Å². The van der Waals surface area contributed by atoms with Crippen molar-refractivity contribution < 1.29 is 0 Å². The molecule has 0 aliphatic heterocycles. The second-order valence-corrected chi connectivity index (χ2v) is 1.50. The second-order valence-electron chi connectivity index (χ2n) is 1.50. The van der Waals surface area contributed by atoms with Crippen molar-refractivity contribution in [1.82, 2.24) is 0 Å². The van der Waals surface area contributed by atoms with Gasteiger partial charge in [-0.2, -0.15) is 5.26 Å². The van der Waals surface area contributed by atoms with Crippen LogP contribution in [0.25, 0.3) is 0 Å². The predicted octanol–water partition coefficient (Wildman–Crippen LogP) is 1.89. The molecule has 8 heavy (non-hydrogen) atoms. The van der Waals surface area contributed by atoms with Crippen molar-refractivity contribution in [2.45, 2.75) is 6.42 Å². The average molecular weight is 107 g/mol. The van der Waals surface area contributed by atoms with E-state index in [1.54, 1.807) is 12.2 Å². The van der Waals surface area contributed by atoms with E-state index in [1.165, 1.54) is 0 Å². The van der Waals surface area contributed by atoms with Gasteiger partial charge in [-0.05, 0) is 6.42 Å². The van der Waals surface area contributed by atoms with Crippen molar-refractivity contribution in [3.05, 3.63) is 25.3 Å². The molecular weight excluding hydrogens is 98.1 g/mol. The van der Waals surface area contributed by atoms with Crippen LogP contribution in [0.3, 0.4) is 0 Å². The van der Waals surface area contributed by atoms with Crippen LogP contribution < -0.4 is 0 Å². The molecule has 0 heterocycles. The Kier molecular flexibility index (Phi) is 3.60. The van der Waals surface area contributed by atoms with Crippen LogP contribution in [0.15, 0.2) is 25.3 Å². The minimum atomic E-state index is -0.0486. The predicted molar refractivity (Wildman–Crippen MR) is 34.1 cm³/mol. The zero-order valence-electron chi connectivity index (χ0n) is 4.80. The summed E-state index contributed by atoms with van der Waals surface area (Å²) < 4.78 is 0. The van der Waals surface area contributed by atoms with E-state index in [1.807, 2.05) is 0 Å². The molecule has 0 saturated carbocycles. The normalized spacial score (nSPS) is 11.4. The molecule has 0 fully saturated rings. The maximum Gasteiger partial charge on any atom is 0.0700 e. The van der Waals surface area contributed by atoms with Crippen molar-refractivity contribution >= 4 is 0 Å². The van der Waals surface area contributed by atoms with Gasteiger partial charge < -0.3 is 0 Å². The molecule has 0 aliphatic rings. The number of hydrogen-bond acceptors (Lipinski definition) is 1. The summed E-state index contributed by atoms with van der Waals surface area (Å²) in [6, 6.07) is 2.06. The highest BCUT2D eigenvalue weighted by Crippen LogP contribution is 2.00. The topological polar surface area (TPSA) is 23.8 Å². The highest BCUT2D eigenvalue weighted by Gasteiger charge is 1.94. The first-order valence-corrected chi connectivity index (χ1v) is 2.48. The number of allylic oxidation sites excluding steroid dienone is 2. The van der Waals surface area contributed by atoms with Crippen LogP contribution in [0.5, 0.6) is 0 Å². The average Bonchev–Trinajstić information content (AvgIpc) is 1.83. The molecule has 0 radical (unpaired) electrons. The first-order chi connectivity index (χ1) is 3.85. The molecule has 1 heteroatoms. The number of nitriles is 1. The molecule has 0 aromatic carbocycles. The van der Waals surface area contributed by atoms with E-state index in [0.29, 0.717) is 6.42 Å². The molecule has 0 rings (SSSR count). The molecule has 0 bridgehead atoms. The van der Waals surface area contributed by atoms with E-state index in [4.69, 9.17) is 5.26 Å². The van der Waals surface area contributed by atoms with Gasteiger partial charge in [0.25, 0.3) is 0 Å². The zero-order valence-corrected chi connectivity index (χ0v) is 4.80. The number of hydrogen-bond donors (Lipinski definition) is 0. The standard InChI is InChI=1S/C7H9N/c1-3-5-7(4-2)6-8/h3-4,7H,1-2,5H2. The van der Waals surface area contributed by atoms with Gasteiger partial charge in [0.05, 0.1) is 12.0 Å². The van der Waals surface area contributed by atoms with E-state index < -0.39 is 0 Å². The number of nitrogens with zero attached hydrogens (tertiary/aromatic N) is 1. The Bertz CT molecular complexity index is 119. The van der Waals surface area contributed by atoms with Crippen molar-refractivity contribution in [3.8, 4) is 6.07 Å². The minimum absolute atomic E-state index is 0.0486. The molecule has 0 saturated heterocycles. The van der Waals surface area contributed by atoms with Crippen molar-refractivity contribution in [1.29, 1.82) is 5.26 Å². The smallest absolute Gasteiger partial charge is 0.0700 e. The van der Waals surface area contributed by atoms with E-state index >= 15 is 0 Å². The molecule has 42 valence electrons. The maximum atomic E-state index is 8.29. The minimum Gasteiger partial charge on any atom is -0.198 e. The van der Waals surface area contributed by atoms with Gasteiger partial charge in [0.1, 0.15) is 0 Å². The van der Waals surface area contributed by atoms with Gasteiger partial charge in [0, 0.05) is 0 Å². The van der Waals surface area contributed by atoms with Gasteiger partial charge in [-0.1, -0.05) is 12.2 Å². The van der Waals surface area contributed by atoms with Crippen molar-refractivity contribution in [2.75, 3.05) is 0 Å². The molecule has 0 N–H and O–H groups in total.